The standard InChI is InChI=1S/C35H38N2O5/c1-40-31-23-19-28(20-24-31)35(27-13-7-5-8-14-27,29-21-25-32(41-2)26-22-29)42-37-34(39)18-12-4-3-11-17-33(38)36-30-15-9-6-10-16-30/h5-10,13-16,19-26H,3-4,11-12,17-18H2,1-2H3,(H,36,38)(H,37,39). The number of carbonyl (C=O) groups excluding carboxylic acids is 2. The third-order valence-electron chi connectivity index (χ3n) is 7.11. The minimum absolute atomic E-state index is 0.00154. The molecule has 0 saturated carbocycles. The summed E-state index contributed by atoms with van der Waals surface area (Å²) in [5.41, 5.74) is 4.94. The summed E-state index contributed by atoms with van der Waals surface area (Å²) in [6, 6.07) is 34.5. The molecule has 0 spiro atoms. The van der Waals surface area contributed by atoms with Crippen LogP contribution in [0.4, 0.5) is 5.69 Å². The molecule has 0 bridgehead atoms. The quantitative estimate of drug-likeness (QED) is 0.0917. The Balaban J connectivity index is 1.40. The molecule has 0 radical (unpaired) electrons. The van der Waals surface area contributed by atoms with E-state index >= 15 is 0 Å². The predicted octanol–water partition coefficient (Wildman–Crippen LogP) is 7.02. The number of hydrogen-bond acceptors (Lipinski definition) is 5. The lowest BCUT2D eigenvalue weighted by atomic mass is 9.80. The van der Waals surface area contributed by atoms with Crippen molar-refractivity contribution in [1.29, 1.82) is 0 Å². The molecular formula is C35H38N2O5. The molecule has 0 aliphatic carbocycles. The second-order valence-corrected chi connectivity index (χ2v) is 9.96. The summed E-state index contributed by atoms with van der Waals surface area (Å²) in [6.07, 6.45) is 3.93. The van der Waals surface area contributed by atoms with Crippen molar-refractivity contribution < 1.29 is 23.9 Å². The molecule has 0 aliphatic heterocycles. The summed E-state index contributed by atoms with van der Waals surface area (Å²) < 4.78 is 10.8. The summed E-state index contributed by atoms with van der Waals surface area (Å²) >= 11 is 0. The van der Waals surface area contributed by atoms with Gasteiger partial charge < -0.3 is 14.8 Å². The number of anilines is 1. The van der Waals surface area contributed by atoms with E-state index in [-0.39, 0.29) is 11.8 Å². The van der Waals surface area contributed by atoms with Crippen LogP contribution in [0.15, 0.2) is 109 Å². The van der Waals surface area contributed by atoms with Crippen LogP contribution in [0.5, 0.6) is 11.5 Å². The van der Waals surface area contributed by atoms with Crippen LogP contribution >= 0.6 is 0 Å². The second-order valence-electron chi connectivity index (χ2n) is 9.96. The minimum atomic E-state index is -1.12. The van der Waals surface area contributed by atoms with Crippen molar-refractivity contribution in [1.82, 2.24) is 5.48 Å². The van der Waals surface area contributed by atoms with E-state index in [1.165, 1.54) is 0 Å². The van der Waals surface area contributed by atoms with E-state index in [4.69, 9.17) is 14.3 Å². The van der Waals surface area contributed by atoms with Crippen LogP contribution in [0.1, 0.15) is 55.2 Å². The number of benzene rings is 4. The van der Waals surface area contributed by atoms with Crippen LogP contribution in [0.3, 0.4) is 0 Å². The van der Waals surface area contributed by atoms with Gasteiger partial charge >= 0.3 is 0 Å². The molecule has 4 aromatic carbocycles. The second kappa shape index (κ2) is 15.4. The van der Waals surface area contributed by atoms with Gasteiger partial charge in [-0.25, -0.2) is 5.48 Å². The minimum Gasteiger partial charge on any atom is -0.497 e. The van der Waals surface area contributed by atoms with E-state index in [0.29, 0.717) is 19.3 Å². The maximum Gasteiger partial charge on any atom is 0.243 e. The van der Waals surface area contributed by atoms with Gasteiger partial charge in [-0.1, -0.05) is 85.6 Å². The monoisotopic (exact) mass is 566 g/mol. The third-order valence-corrected chi connectivity index (χ3v) is 7.11. The predicted molar refractivity (Wildman–Crippen MR) is 164 cm³/mol. The molecule has 0 saturated heterocycles. The van der Waals surface area contributed by atoms with Gasteiger partial charge in [0.15, 0.2) is 5.60 Å². The van der Waals surface area contributed by atoms with E-state index in [2.05, 4.69) is 10.8 Å². The van der Waals surface area contributed by atoms with Crippen molar-refractivity contribution in [3.8, 4) is 11.5 Å². The van der Waals surface area contributed by atoms with Crippen LogP contribution < -0.4 is 20.3 Å². The van der Waals surface area contributed by atoms with Crippen molar-refractivity contribution in [2.24, 2.45) is 0 Å². The lowest BCUT2D eigenvalue weighted by Gasteiger charge is -2.35. The van der Waals surface area contributed by atoms with Crippen molar-refractivity contribution >= 4 is 17.5 Å². The first kappa shape index (κ1) is 30.3. The smallest absolute Gasteiger partial charge is 0.243 e. The molecule has 0 unspecified atom stereocenters. The number of hydrogen-bond donors (Lipinski definition) is 2. The summed E-state index contributed by atoms with van der Waals surface area (Å²) in [5.74, 6) is 1.23. The van der Waals surface area contributed by atoms with Crippen LogP contribution in [0.25, 0.3) is 0 Å². The largest absolute Gasteiger partial charge is 0.497 e. The van der Waals surface area contributed by atoms with Crippen LogP contribution in [-0.4, -0.2) is 26.0 Å². The highest BCUT2D eigenvalue weighted by atomic mass is 16.7. The SMILES string of the molecule is COc1ccc(C(ONC(=O)CCCCCCC(=O)Nc2ccccc2)(c2ccccc2)c2ccc(OC)cc2)cc1. The highest BCUT2D eigenvalue weighted by Gasteiger charge is 2.39. The molecule has 0 aliphatic rings. The Morgan fingerprint density at radius 3 is 1.52 bits per heavy atom. The van der Waals surface area contributed by atoms with E-state index in [1.807, 2.05) is 109 Å². The lowest BCUT2D eigenvalue weighted by Crippen LogP contribution is -2.40. The molecule has 0 fully saturated rings. The number of nitrogens with one attached hydrogen (secondary N) is 2. The third kappa shape index (κ3) is 7.98. The number of amides is 2. The number of methoxy groups -OCH3 is 2. The van der Waals surface area contributed by atoms with Gasteiger partial charge in [0.25, 0.3) is 0 Å². The zero-order valence-corrected chi connectivity index (χ0v) is 24.2. The summed E-state index contributed by atoms with van der Waals surface area (Å²) in [6.45, 7) is 0. The van der Waals surface area contributed by atoms with Crippen molar-refractivity contribution in [2.75, 3.05) is 19.5 Å². The Hall–Kier alpha value is -4.62. The number of hydroxylamine groups is 1. The maximum absolute atomic E-state index is 13.0. The van der Waals surface area contributed by atoms with E-state index < -0.39 is 5.60 Å². The van der Waals surface area contributed by atoms with Gasteiger partial charge in [0.1, 0.15) is 11.5 Å². The fraction of sp³-hybridized carbons (Fsp3) is 0.257. The molecule has 42 heavy (non-hydrogen) atoms. The van der Waals surface area contributed by atoms with E-state index in [9.17, 15) is 9.59 Å². The number of unbranched alkanes of at least 4 members (excludes halogenated alkanes) is 3. The summed E-state index contributed by atoms with van der Waals surface area (Å²) in [7, 11) is 3.25. The Kier molecular flexibility index (Phi) is 11.1. The van der Waals surface area contributed by atoms with Crippen molar-refractivity contribution in [2.45, 2.75) is 44.1 Å². The van der Waals surface area contributed by atoms with Crippen LogP contribution in [-0.2, 0) is 20.0 Å². The topological polar surface area (TPSA) is 85.9 Å². The first-order chi connectivity index (χ1) is 20.5. The molecule has 4 rings (SSSR count). The van der Waals surface area contributed by atoms with E-state index in [1.54, 1.807) is 14.2 Å². The average Bonchev–Trinajstić information content (AvgIpc) is 3.04. The fourth-order valence-electron chi connectivity index (χ4n) is 4.86. The Morgan fingerprint density at radius 2 is 1.02 bits per heavy atom. The van der Waals surface area contributed by atoms with Gasteiger partial charge in [0, 0.05) is 18.5 Å². The fourth-order valence-corrected chi connectivity index (χ4v) is 4.86. The molecule has 0 aromatic heterocycles. The van der Waals surface area contributed by atoms with Crippen LogP contribution in [0, 0.1) is 0 Å². The lowest BCUT2D eigenvalue weighted by molar-refractivity contribution is -0.143. The van der Waals surface area contributed by atoms with Crippen LogP contribution in [0.2, 0.25) is 0 Å². The molecular weight excluding hydrogens is 528 g/mol. The number of para-hydroxylation sites is 1. The first-order valence-corrected chi connectivity index (χ1v) is 14.2. The van der Waals surface area contributed by atoms with Gasteiger partial charge in [-0.05, 0) is 65.9 Å². The Labute approximate surface area is 247 Å². The molecule has 0 heterocycles. The average molecular weight is 567 g/mol. The van der Waals surface area contributed by atoms with Gasteiger partial charge in [0.05, 0.1) is 14.2 Å². The van der Waals surface area contributed by atoms with Gasteiger partial charge in [-0.3, -0.25) is 14.4 Å². The molecule has 0 atom stereocenters. The maximum atomic E-state index is 13.0. The molecule has 4 aromatic rings. The normalized spacial score (nSPS) is 11.0. The Morgan fingerprint density at radius 1 is 0.571 bits per heavy atom. The van der Waals surface area contributed by atoms with Gasteiger partial charge in [-0.15, -0.1) is 0 Å². The summed E-state index contributed by atoms with van der Waals surface area (Å²) in [4.78, 5) is 31.6. The molecule has 2 amide bonds. The Bertz CT molecular complexity index is 1340. The zero-order valence-electron chi connectivity index (χ0n) is 24.2. The molecule has 218 valence electrons. The molecule has 7 nitrogen and oxygen atoms in total. The molecule has 2 N–H and O–H groups in total. The highest BCUT2D eigenvalue weighted by molar-refractivity contribution is 5.90. The van der Waals surface area contributed by atoms with Gasteiger partial charge in [-0.2, -0.15) is 0 Å². The zero-order chi connectivity index (χ0) is 29.6. The number of rotatable bonds is 15. The van der Waals surface area contributed by atoms with Crippen molar-refractivity contribution in [3.63, 3.8) is 0 Å². The number of carbonyl (C=O) groups is 2. The summed E-state index contributed by atoms with van der Waals surface area (Å²) in [5, 5.41) is 2.90. The van der Waals surface area contributed by atoms with Gasteiger partial charge in [0.2, 0.25) is 11.8 Å². The van der Waals surface area contributed by atoms with E-state index in [0.717, 1.165) is 53.1 Å². The highest BCUT2D eigenvalue weighted by Crippen LogP contribution is 2.41. The number of ether oxygens (including phenoxy) is 2. The molecule has 7 heteroatoms. The first-order valence-electron chi connectivity index (χ1n) is 14.2. The van der Waals surface area contributed by atoms with Crippen molar-refractivity contribution in [3.05, 3.63) is 126 Å².